The number of aryl methyl sites for hydroxylation is 1. The molecule has 0 unspecified atom stereocenters. The van der Waals surface area contributed by atoms with Gasteiger partial charge in [0.2, 0.25) is 0 Å². The lowest BCUT2D eigenvalue weighted by atomic mass is 10.3. The molecule has 5 nitrogen and oxygen atoms in total. The highest BCUT2D eigenvalue weighted by atomic mass is 16.4. The molecule has 0 bridgehead atoms. The summed E-state index contributed by atoms with van der Waals surface area (Å²) in [5, 5.41) is 10.8. The molecule has 2 aromatic rings. The fourth-order valence-electron chi connectivity index (χ4n) is 1.63. The van der Waals surface area contributed by atoms with Crippen LogP contribution in [0.2, 0.25) is 0 Å². The van der Waals surface area contributed by atoms with E-state index in [4.69, 9.17) is 5.11 Å². The first-order valence-electron chi connectivity index (χ1n) is 5.14. The summed E-state index contributed by atoms with van der Waals surface area (Å²) in [4.78, 5) is 14.5. The summed E-state index contributed by atoms with van der Waals surface area (Å²) in [5.74, 6) is 0. The molecule has 0 saturated heterocycles. The van der Waals surface area contributed by atoms with Crippen LogP contribution in [0.5, 0.6) is 0 Å². The number of benzene rings is 1. The number of hydrogen-bond donors (Lipinski definition) is 2. The van der Waals surface area contributed by atoms with Crippen molar-refractivity contribution in [3.05, 3.63) is 30.6 Å². The minimum absolute atomic E-state index is 0.460. The molecule has 84 valence electrons. The average molecular weight is 219 g/mol. The second-order valence-corrected chi connectivity index (χ2v) is 3.51. The molecule has 2 rings (SSSR count). The van der Waals surface area contributed by atoms with Gasteiger partial charge < -0.3 is 15.0 Å². The number of nitrogens with zero attached hydrogens (tertiary/aromatic N) is 2. The molecule has 1 heterocycles. The normalized spacial score (nSPS) is 10.5. The van der Waals surface area contributed by atoms with E-state index in [1.54, 1.807) is 6.33 Å². The number of nitrogens with one attached hydrogen (secondary N) is 1. The number of rotatable bonds is 4. The van der Waals surface area contributed by atoms with Crippen LogP contribution in [-0.4, -0.2) is 27.3 Å². The lowest BCUT2D eigenvalue weighted by Crippen LogP contribution is -2.22. The molecular weight excluding hydrogens is 206 g/mol. The maximum Gasteiger partial charge on any atom is 0.404 e. The van der Waals surface area contributed by atoms with E-state index >= 15 is 0 Å². The number of fused-ring (bicyclic) bond motifs is 1. The molecule has 0 aliphatic heterocycles. The van der Waals surface area contributed by atoms with Crippen molar-refractivity contribution in [3.63, 3.8) is 0 Å². The van der Waals surface area contributed by atoms with Crippen molar-refractivity contribution in [2.24, 2.45) is 0 Å². The quantitative estimate of drug-likeness (QED) is 0.769. The zero-order valence-electron chi connectivity index (χ0n) is 8.76. The summed E-state index contributed by atoms with van der Waals surface area (Å²) in [6.45, 7) is 1.22. The summed E-state index contributed by atoms with van der Waals surface area (Å²) >= 11 is 0. The van der Waals surface area contributed by atoms with E-state index in [-0.39, 0.29) is 0 Å². The van der Waals surface area contributed by atoms with Crippen molar-refractivity contribution < 1.29 is 9.90 Å². The highest BCUT2D eigenvalue weighted by Gasteiger charge is 2.00. The SMILES string of the molecule is O=C(O)NCCCn1cnc2ccccc21. The van der Waals surface area contributed by atoms with Gasteiger partial charge in [-0.05, 0) is 18.6 Å². The van der Waals surface area contributed by atoms with Gasteiger partial charge in [0, 0.05) is 13.1 Å². The van der Waals surface area contributed by atoms with Crippen molar-refractivity contribution in [2.75, 3.05) is 6.54 Å². The molecule has 0 aliphatic carbocycles. The van der Waals surface area contributed by atoms with Crippen molar-refractivity contribution in [2.45, 2.75) is 13.0 Å². The topological polar surface area (TPSA) is 67.2 Å². The van der Waals surface area contributed by atoms with Crippen molar-refractivity contribution in [1.29, 1.82) is 0 Å². The number of carbonyl (C=O) groups is 1. The number of aromatic nitrogens is 2. The lowest BCUT2D eigenvalue weighted by Gasteiger charge is -2.03. The van der Waals surface area contributed by atoms with E-state index in [1.807, 2.05) is 28.8 Å². The van der Waals surface area contributed by atoms with Crippen molar-refractivity contribution >= 4 is 17.1 Å². The Morgan fingerprint density at radius 2 is 2.25 bits per heavy atom. The van der Waals surface area contributed by atoms with Crippen LogP contribution in [0.3, 0.4) is 0 Å². The second kappa shape index (κ2) is 4.65. The Morgan fingerprint density at radius 1 is 1.44 bits per heavy atom. The molecule has 0 fully saturated rings. The minimum atomic E-state index is -0.976. The molecule has 0 atom stereocenters. The van der Waals surface area contributed by atoms with Crippen LogP contribution < -0.4 is 5.32 Å². The highest BCUT2D eigenvalue weighted by Crippen LogP contribution is 2.11. The van der Waals surface area contributed by atoms with Crippen molar-refractivity contribution in [3.8, 4) is 0 Å². The van der Waals surface area contributed by atoms with Gasteiger partial charge in [0.05, 0.1) is 17.4 Å². The van der Waals surface area contributed by atoms with Crippen molar-refractivity contribution in [1.82, 2.24) is 14.9 Å². The summed E-state index contributed by atoms with van der Waals surface area (Å²) < 4.78 is 2.03. The van der Waals surface area contributed by atoms with Crippen LogP contribution in [0.1, 0.15) is 6.42 Å². The largest absolute Gasteiger partial charge is 0.465 e. The number of amides is 1. The Bertz CT molecular complexity index is 493. The van der Waals surface area contributed by atoms with Gasteiger partial charge in [-0.3, -0.25) is 0 Å². The fraction of sp³-hybridized carbons (Fsp3) is 0.273. The van der Waals surface area contributed by atoms with E-state index in [2.05, 4.69) is 10.3 Å². The highest BCUT2D eigenvalue weighted by molar-refractivity contribution is 5.74. The molecule has 16 heavy (non-hydrogen) atoms. The Morgan fingerprint density at radius 3 is 3.06 bits per heavy atom. The number of carboxylic acid groups (broad SMARTS) is 1. The van der Waals surface area contributed by atoms with Gasteiger partial charge in [0.1, 0.15) is 0 Å². The number of para-hydroxylation sites is 2. The van der Waals surface area contributed by atoms with E-state index in [1.165, 1.54) is 0 Å². The Balaban J connectivity index is 1.97. The van der Waals surface area contributed by atoms with Gasteiger partial charge in [-0.2, -0.15) is 0 Å². The molecule has 0 saturated carbocycles. The van der Waals surface area contributed by atoms with Crippen LogP contribution >= 0.6 is 0 Å². The Labute approximate surface area is 92.7 Å². The van der Waals surface area contributed by atoms with Crippen LogP contribution in [0.25, 0.3) is 11.0 Å². The first-order chi connectivity index (χ1) is 7.77. The Kier molecular flexibility index (Phi) is 3.05. The van der Waals surface area contributed by atoms with Crippen LogP contribution in [0.15, 0.2) is 30.6 Å². The maximum absolute atomic E-state index is 10.2. The first kappa shape index (κ1) is 10.5. The first-order valence-corrected chi connectivity index (χ1v) is 5.14. The van der Waals surface area contributed by atoms with Gasteiger partial charge in [-0.1, -0.05) is 12.1 Å². The van der Waals surface area contributed by atoms with Gasteiger partial charge >= 0.3 is 6.09 Å². The third kappa shape index (κ3) is 2.31. The van der Waals surface area contributed by atoms with Gasteiger partial charge in [-0.25, -0.2) is 9.78 Å². The molecule has 2 N–H and O–H groups in total. The van der Waals surface area contributed by atoms with E-state index < -0.39 is 6.09 Å². The van der Waals surface area contributed by atoms with Gasteiger partial charge in [0.15, 0.2) is 0 Å². The molecule has 0 radical (unpaired) electrons. The summed E-state index contributed by atoms with van der Waals surface area (Å²) in [5.41, 5.74) is 2.05. The second-order valence-electron chi connectivity index (χ2n) is 3.51. The summed E-state index contributed by atoms with van der Waals surface area (Å²) in [6.07, 6.45) is 1.56. The van der Waals surface area contributed by atoms with Gasteiger partial charge in [-0.15, -0.1) is 0 Å². The number of hydrogen-bond acceptors (Lipinski definition) is 2. The van der Waals surface area contributed by atoms with Gasteiger partial charge in [0.25, 0.3) is 0 Å². The predicted molar refractivity (Wildman–Crippen MR) is 60.4 cm³/mol. The van der Waals surface area contributed by atoms with Crippen LogP contribution in [0.4, 0.5) is 4.79 Å². The third-order valence-corrected chi connectivity index (χ3v) is 2.38. The van der Waals surface area contributed by atoms with Crippen LogP contribution in [0, 0.1) is 0 Å². The monoisotopic (exact) mass is 219 g/mol. The summed E-state index contributed by atoms with van der Waals surface area (Å²) in [6, 6.07) is 7.88. The van der Waals surface area contributed by atoms with E-state index in [0.717, 1.165) is 24.0 Å². The average Bonchev–Trinajstić information content (AvgIpc) is 2.68. The maximum atomic E-state index is 10.2. The van der Waals surface area contributed by atoms with E-state index in [9.17, 15) is 4.79 Å². The molecule has 0 spiro atoms. The molecule has 1 aromatic heterocycles. The molecule has 5 heteroatoms. The smallest absolute Gasteiger partial charge is 0.404 e. The third-order valence-electron chi connectivity index (χ3n) is 2.38. The van der Waals surface area contributed by atoms with Crippen LogP contribution in [-0.2, 0) is 6.54 Å². The molecule has 1 amide bonds. The zero-order valence-corrected chi connectivity index (χ0v) is 8.76. The fourth-order valence-corrected chi connectivity index (χ4v) is 1.63. The lowest BCUT2D eigenvalue weighted by molar-refractivity contribution is 0.194. The Hall–Kier alpha value is -2.04. The molecular formula is C11H13N3O2. The molecule has 0 aliphatic rings. The number of imidazole rings is 1. The zero-order chi connectivity index (χ0) is 11.4. The molecule has 1 aromatic carbocycles. The standard InChI is InChI=1S/C11H13N3O2/c15-11(16)12-6-3-7-14-8-13-9-4-1-2-5-10(9)14/h1-2,4-5,8,12H,3,6-7H2,(H,15,16). The predicted octanol–water partition coefficient (Wildman–Crippen LogP) is 1.69. The van der Waals surface area contributed by atoms with E-state index in [0.29, 0.717) is 6.54 Å². The summed E-state index contributed by atoms with van der Waals surface area (Å²) in [7, 11) is 0. The minimum Gasteiger partial charge on any atom is -0.465 e.